The van der Waals surface area contributed by atoms with Gasteiger partial charge in [0.05, 0.1) is 16.8 Å². The van der Waals surface area contributed by atoms with Crippen LogP contribution in [0.5, 0.6) is 0 Å². The van der Waals surface area contributed by atoms with Crippen LogP contribution in [0.25, 0.3) is 11.0 Å². The number of hydrogen-bond acceptors (Lipinski definition) is 4. The van der Waals surface area contributed by atoms with E-state index in [4.69, 9.17) is 4.74 Å². The van der Waals surface area contributed by atoms with Gasteiger partial charge in [0.15, 0.2) is 0 Å². The number of thioether (sulfide) groups is 1. The molecule has 0 saturated carbocycles. The Morgan fingerprint density at radius 3 is 2.92 bits per heavy atom. The standard InChI is InChI=1S/C19H29N3O2S/c1-4-24-12-7-11-22-17-9-6-5-8-16(17)20-19(22)21-18(23)14-25-13-10-15(2)3/h5-6,8-9,15H,4,7,10-14H2,1-3H3,(H,20,21,23). The summed E-state index contributed by atoms with van der Waals surface area (Å²) in [6.07, 6.45) is 2.02. The van der Waals surface area contributed by atoms with Gasteiger partial charge in [-0.05, 0) is 43.6 Å². The predicted octanol–water partition coefficient (Wildman–Crippen LogP) is 4.18. The van der Waals surface area contributed by atoms with Crippen molar-refractivity contribution in [2.45, 2.75) is 40.2 Å². The van der Waals surface area contributed by atoms with Gasteiger partial charge in [-0.2, -0.15) is 11.8 Å². The minimum absolute atomic E-state index is 0.00937. The molecule has 2 rings (SSSR count). The van der Waals surface area contributed by atoms with Gasteiger partial charge in [-0.1, -0.05) is 26.0 Å². The lowest BCUT2D eigenvalue weighted by Gasteiger charge is -2.10. The molecule has 0 aliphatic heterocycles. The quantitative estimate of drug-likeness (QED) is 0.609. The predicted molar refractivity (Wildman–Crippen MR) is 106 cm³/mol. The molecular weight excluding hydrogens is 334 g/mol. The highest BCUT2D eigenvalue weighted by Gasteiger charge is 2.13. The molecule has 0 radical (unpaired) electrons. The lowest BCUT2D eigenvalue weighted by molar-refractivity contribution is -0.113. The van der Waals surface area contributed by atoms with E-state index in [2.05, 4.69) is 28.7 Å². The summed E-state index contributed by atoms with van der Waals surface area (Å²) in [6, 6.07) is 7.97. The van der Waals surface area contributed by atoms with E-state index in [-0.39, 0.29) is 5.91 Å². The molecule has 25 heavy (non-hydrogen) atoms. The molecule has 0 aliphatic carbocycles. The Bertz CT molecular complexity index is 670. The first kappa shape index (κ1) is 19.8. The van der Waals surface area contributed by atoms with Crippen molar-refractivity contribution >= 4 is 34.7 Å². The maximum atomic E-state index is 12.3. The van der Waals surface area contributed by atoms with Gasteiger partial charge in [-0.3, -0.25) is 10.1 Å². The number of aryl methyl sites for hydroxylation is 1. The molecule has 6 heteroatoms. The van der Waals surface area contributed by atoms with Crippen LogP contribution in [0.15, 0.2) is 24.3 Å². The third-order valence-corrected chi connectivity index (χ3v) is 4.84. The second-order valence-electron chi connectivity index (χ2n) is 6.41. The van der Waals surface area contributed by atoms with Crippen LogP contribution in [0.4, 0.5) is 5.95 Å². The topological polar surface area (TPSA) is 56.1 Å². The third-order valence-electron chi connectivity index (χ3n) is 3.85. The van der Waals surface area contributed by atoms with Crippen molar-refractivity contribution in [3.05, 3.63) is 24.3 Å². The molecule has 138 valence electrons. The van der Waals surface area contributed by atoms with Crippen LogP contribution in [0.2, 0.25) is 0 Å². The second-order valence-corrected chi connectivity index (χ2v) is 7.51. The van der Waals surface area contributed by atoms with Crippen molar-refractivity contribution in [2.24, 2.45) is 5.92 Å². The molecular formula is C19H29N3O2S. The van der Waals surface area contributed by atoms with Gasteiger partial charge in [0.25, 0.3) is 0 Å². The van der Waals surface area contributed by atoms with Crippen molar-refractivity contribution < 1.29 is 9.53 Å². The van der Waals surface area contributed by atoms with E-state index < -0.39 is 0 Å². The average Bonchev–Trinajstić information content (AvgIpc) is 2.93. The van der Waals surface area contributed by atoms with Crippen LogP contribution < -0.4 is 5.32 Å². The number of nitrogens with zero attached hydrogens (tertiary/aromatic N) is 2. The first-order valence-corrected chi connectivity index (χ1v) is 10.2. The number of rotatable bonds is 11. The Hall–Kier alpha value is -1.53. The summed E-state index contributed by atoms with van der Waals surface area (Å²) in [4.78, 5) is 16.8. The monoisotopic (exact) mass is 363 g/mol. The van der Waals surface area contributed by atoms with E-state index >= 15 is 0 Å². The normalized spacial score (nSPS) is 11.4. The van der Waals surface area contributed by atoms with Crippen LogP contribution in [-0.4, -0.2) is 40.2 Å². The third kappa shape index (κ3) is 6.36. The van der Waals surface area contributed by atoms with E-state index in [0.29, 0.717) is 24.2 Å². The summed E-state index contributed by atoms with van der Waals surface area (Å²) >= 11 is 1.68. The summed E-state index contributed by atoms with van der Waals surface area (Å²) < 4.78 is 7.50. The number of para-hydroxylation sites is 2. The van der Waals surface area contributed by atoms with Crippen molar-refractivity contribution in [3.63, 3.8) is 0 Å². The number of benzene rings is 1. The Morgan fingerprint density at radius 2 is 2.16 bits per heavy atom. The summed E-state index contributed by atoms with van der Waals surface area (Å²) in [7, 11) is 0. The van der Waals surface area contributed by atoms with Gasteiger partial charge in [0.2, 0.25) is 11.9 Å². The second kappa shape index (κ2) is 10.5. The van der Waals surface area contributed by atoms with Crippen molar-refractivity contribution in [1.29, 1.82) is 0 Å². The molecule has 0 spiro atoms. The molecule has 1 amide bonds. The van der Waals surface area contributed by atoms with Gasteiger partial charge >= 0.3 is 0 Å². The fourth-order valence-electron chi connectivity index (χ4n) is 2.51. The van der Waals surface area contributed by atoms with E-state index in [1.165, 1.54) is 0 Å². The minimum atomic E-state index is 0.00937. The molecule has 1 N–H and O–H groups in total. The van der Waals surface area contributed by atoms with Crippen LogP contribution >= 0.6 is 11.8 Å². The number of nitrogens with one attached hydrogen (secondary N) is 1. The van der Waals surface area contributed by atoms with Crippen molar-refractivity contribution in [1.82, 2.24) is 9.55 Å². The summed E-state index contributed by atoms with van der Waals surface area (Å²) in [5, 5.41) is 2.98. The van der Waals surface area contributed by atoms with E-state index in [1.807, 2.05) is 31.2 Å². The van der Waals surface area contributed by atoms with Crippen molar-refractivity contribution in [2.75, 3.05) is 30.0 Å². The zero-order valence-corrected chi connectivity index (χ0v) is 16.3. The first-order chi connectivity index (χ1) is 12.1. The molecule has 0 saturated heterocycles. The Labute approximate surface area is 154 Å². The molecule has 1 heterocycles. The maximum Gasteiger partial charge on any atom is 0.236 e. The van der Waals surface area contributed by atoms with Gasteiger partial charge in [-0.15, -0.1) is 0 Å². The number of ether oxygens (including phenoxy) is 1. The molecule has 1 aromatic carbocycles. The highest BCUT2D eigenvalue weighted by atomic mass is 32.2. The summed E-state index contributed by atoms with van der Waals surface area (Å²) in [6.45, 7) is 8.60. The maximum absolute atomic E-state index is 12.3. The Kier molecular flexibility index (Phi) is 8.28. The molecule has 0 fully saturated rings. The largest absolute Gasteiger partial charge is 0.382 e. The number of imidazole rings is 1. The summed E-state index contributed by atoms with van der Waals surface area (Å²) in [5.41, 5.74) is 1.95. The van der Waals surface area contributed by atoms with E-state index in [1.54, 1.807) is 11.8 Å². The highest BCUT2D eigenvalue weighted by molar-refractivity contribution is 7.99. The van der Waals surface area contributed by atoms with Crippen LogP contribution in [-0.2, 0) is 16.1 Å². The highest BCUT2D eigenvalue weighted by Crippen LogP contribution is 2.20. The van der Waals surface area contributed by atoms with E-state index in [9.17, 15) is 4.79 Å². The molecule has 0 bridgehead atoms. The van der Waals surface area contributed by atoms with Gasteiger partial charge in [-0.25, -0.2) is 4.98 Å². The molecule has 5 nitrogen and oxygen atoms in total. The van der Waals surface area contributed by atoms with E-state index in [0.717, 1.165) is 42.8 Å². The van der Waals surface area contributed by atoms with Crippen molar-refractivity contribution in [3.8, 4) is 0 Å². The molecule has 2 aromatic rings. The lowest BCUT2D eigenvalue weighted by atomic mass is 10.2. The minimum Gasteiger partial charge on any atom is -0.382 e. The van der Waals surface area contributed by atoms with Gasteiger partial charge in [0.1, 0.15) is 0 Å². The smallest absolute Gasteiger partial charge is 0.236 e. The Balaban J connectivity index is 1.99. The number of carbonyl (C=O) groups is 1. The van der Waals surface area contributed by atoms with Crippen LogP contribution in [0.3, 0.4) is 0 Å². The molecule has 0 atom stereocenters. The molecule has 0 aliphatic rings. The van der Waals surface area contributed by atoms with Gasteiger partial charge < -0.3 is 9.30 Å². The Morgan fingerprint density at radius 1 is 1.36 bits per heavy atom. The number of carbonyl (C=O) groups excluding carboxylic acids is 1. The number of amides is 1. The van der Waals surface area contributed by atoms with Crippen LogP contribution in [0.1, 0.15) is 33.6 Å². The number of aromatic nitrogens is 2. The number of fused-ring (bicyclic) bond motifs is 1. The fourth-order valence-corrected chi connectivity index (χ4v) is 3.55. The first-order valence-electron chi connectivity index (χ1n) is 9.02. The SMILES string of the molecule is CCOCCCn1c(NC(=O)CSCCC(C)C)nc2ccccc21. The fraction of sp³-hybridized carbons (Fsp3) is 0.579. The van der Waals surface area contributed by atoms with Gasteiger partial charge in [0, 0.05) is 19.8 Å². The molecule has 1 aromatic heterocycles. The lowest BCUT2D eigenvalue weighted by Crippen LogP contribution is -2.18. The number of hydrogen-bond donors (Lipinski definition) is 1. The number of anilines is 1. The molecule has 0 unspecified atom stereocenters. The zero-order chi connectivity index (χ0) is 18.1. The summed E-state index contributed by atoms with van der Waals surface area (Å²) in [5.74, 6) is 2.79. The average molecular weight is 364 g/mol. The van der Waals surface area contributed by atoms with Crippen LogP contribution in [0, 0.1) is 5.92 Å². The zero-order valence-electron chi connectivity index (χ0n) is 15.5.